The summed E-state index contributed by atoms with van der Waals surface area (Å²) in [5.74, 6) is 1.15. The molecule has 0 aromatic heterocycles. The fourth-order valence-corrected chi connectivity index (χ4v) is 2.62. The number of thioether (sulfide) groups is 1. The molecule has 0 aliphatic rings. The Morgan fingerprint density at radius 3 is 2.29 bits per heavy atom. The van der Waals surface area contributed by atoms with Gasteiger partial charge in [-0.25, -0.2) is 0 Å². The molecule has 0 atom stereocenters. The normalized spacial score (nSPS) is 10.4. The summed E-state index contributed by atoms with van der Waals surface area (Å²) in [4.78, 5) is 1.29. The highest BCUT2D eigenvalue weighted by atomic mass is 35.5. The van der Waals surface area contributed by atoms with Crippen LogP contribution in [0.25, 0.3) is 0 Å². The topological polar surface area (TPSA) is 0 Å². The summed E-state index contributed by atoms with van der Waals surface area (Å²) in [5, 5.41) is 0.804. The largest absolute Gasteiger partial charge is 0.126 e. The molecule has 0 radical (unpaired) electrons. The van der Waals surface area contributed by atoms with Crippen LogP contribution in [0.1, 0.15) is 12.0 Å². The molecule has 0 nitrogen and oxygen atoms in total. The lowest BCUT2D eigenvalue weighted by Crippen LogP contribution is -1.87. The fourth-order valence-electron chi connectivity index (χ4n) is 1.64. The van der Waals surface area contributed by atoms with E-state index in [0.717, 1.165) is 17.2 Å². The Labute approximate surface area is 112 Å². The van der Waals surface area contributed by atoms with E-state index >= 15 is 0 Å². The van der Waals surface area contributed by atoms with Crippen LogP contribution in [0.2, 0.25) is 5.02 Å². The first-order valence-corrected chi connectivity index (χ1v) is 7.13. The molecule has 17 heavy (non-hydrogen) atoms. The summed E-state index contributed by atoms with van der Waals surface area (Å²) in [7, 11) is 0. The van der Waals surface area contributed by atoms with Crippen LogP contribution in [-0.4, -0.2) is 5.75 Å². The fraction of sp³-hybridized carbons (Fsp3) is 0.200. The quantitative estimate of drug-likeness (QED) is 0.536. The van der Waals surface area contributed by atoms with Crippen molar-refractivity contribution in [3.63, 3.8) is 0 Å². The maximum atomic E-state index is 5.84. The van der Waals surface area contributed by atoms with E-state index in [1.165, 1.54) is 16.9 Å². The molecular weight excluding hydrogens is 248 g/mol. The smallest absolute Gasteiger partial charge is 0.0406 e. The Kier molecular flexibility index (Phi) is 4.96. The molecule has 2 aromatic rings. The van der Waals surface area contributed by atoms with Crippen molar-refractivity contribution in [2.45, 2.75) is 17.7 Å². The summed E-state index contributed by atoms with van der Waals surface area (Å²) in [6, 6.07) is 18.7. The predicted octanol–water partition coefficient (Wildman–Crippen LogP) is 5.06. The van der Waals surface area contributed by atoms with Gasteiger partial charge in [0.1, 0.15) is 0 Å². The first kappa shape index (κ1) is 12.5. The highest BCUT2D eigenvalue weighted by Crippen LogP contribution is 2.21. The molecule has 2 rings (SSSR count). The van der Waals surface area contributed by atoms with E-state index in [1.807, 2.05) is 23.9 Å². The van der Waals surface area contributed by atoms with E-state index in [-0.39, 0.29) is 0 Å². The molecule has 0 amide bonds. The number of halogens is 1. The third kappa shape index (κ3) is 4.45. The van der Waals surface area contributed by atoms with E-state index in [9.17, 15) is 0 Å². The van der Waals surface area contributed by atoms with Crippen LogP contribution in [0.3, 0.4) is 0 Å². The number of rotatable bonds is 5. The van der Waals surface area contributed by atoms with Crippen molar-refractivity contribution in [1.29, 1.82) is 0 Å². The van der Waals surface area contributed by atoms with E-state index in [4.69, 9.17) is 11.6 Å². The third-order valence-electron chi connectivity index (χ3n) is 2.53. The van der Waals surface area contributed by atoms with Gasteiger partial charge in [-0.3, -0.25) is 0 Å². The Balaban J connectivity index is 1.71. The number of hydrogen-bond acceptors (Lipinski definition) is 1. The van der Waals surface area contributed by atoms with Crippen LogP contribution in [0.4, 0.5) is 0 Å². The van der Waals surface area contributed by atoms with Gasteiger partial charge in [-0.15, -0.1) is 11.8 Å². The van der Waals surface area contributed by atoms with Crippen LogP contribution in [0, 0.1) is 0 Å². The second-order valence-electron chi connectivity index (χ2n) is 3.89. The van der Waals surface area contributed by atoms with E-state index < -0.39 is 0 Å². The molecule has 2 aromatic carbocycles. The third-order valence-corrected chi connectivity index (χ3v) is 3.89. The Morgan fingerprint density at radius 2 is 1.59 bits per heavy atom. The lowest BCUT2D eigenvalue weighted by atomic mass is 10.1. The molecule has 0 N–H and O–H groups in total. The van der Waals surface area contributed by atoms with Gasteiger partial charge in [0, 0.05) is 9.92 Å². The van der Waals surface area contributed by atoms with Crippen molar-refractivity contribution in [2.75, 3.05) is 5.75 Å². The van der Waals surface area contributed by atoms with Gasteiger partial charge in [0.25, 0.3) is 0 Å². The first-order chi connectivity index (χ1) is 8.34. The van der Waals surface area contributed by atoms with Gasteiger partial charge in [-0.1, -0.05) is 41.9 Å². The minimum atomic E-state index is 0.804. The van der Waals surface area contributed by atoms with Gasteiger partial charge < -0.3 is 0 Å². The lowest BCUT2D eigenvalue weighted by molar-refractivity contribution is 0.933. The van der Waals surface area contributed by atoms with Gasteiger partial charge in [0.2, 0.25) is 0 Å². The zero-order valence-electron chi connectivity index (χ0n) is 9.60. The van der Waals surface area contributed by atoms with Crippen LogP contribution < -0.4 is 0 Å². The molecule has 88 valence electrons. The minimum absolute atomic E-state index is 0.804. The van der Waals surface area contributed by atoms with Crippen LogP contribution in [-0.2, 0) is 6.42 Å². The van der Waals surface area contributed by atoms with Gasteiger partial charge in [0.15, 0.2) is 0 Å². The van der Waals surface area contributed by atoms with Crippen LogP contribution >= 0.6 is 23.4 Å². The van der Waals surface area contributed by atoms with E-state index in [0.29, 0.717) is 0 Å². The number of aryl methyl sites for hydroxylation is 1. The van der Waals surface area contributed by atoms with Gasteiger partial charge in [-0.2, -0.15) is 0 Å². The molecule has 0 aliphatic carbocycles. The summed E-state index contributed by atoms with van der Waals surface area (Å²) in [6.45, 7) is 0. The van der Waals surface area contributed by atoms with Crippen LogP contribution in [0.15, 0.2) is 59.5 Å². The Morgan fingerprint density at radius 1 is 0.882 bits per heavy atom. The molecule has 0 saturated carbocycles. The van der Waals surface area contributed by atoms with Crippen molar-refractivity contribution in [1.82, 2.24) is 0 Å². The average Bonchev–Trinajstić information content (AvgIpc) is 2.38. The summed E-state index contributed by atoms with van der Waals surface area (Å²) < 4.78 is 0. The molecule has 0 bridgehead atoms. The zero-order valence-corrected chi connectivity index (χ0v) is 11.2. The van der Waals surface area contributed by atoms with Crippen molar-refractivity contribution in [3.05, 3.63) is 65.2 Å². The van der Waals surface area contributed by atoms with E-state index in [2.05, 4.69) is 42.5 Å². The summed E-state index contributed by atoms with van der Waals surface area (Å²) in [6.07, 6.45) is 2.36. The highest BCUT2D eigenvalue weighted by Gasteiger charge is 1.95. The summed E-state index contributed by atoms with van der Waals surface area (Å²) in [5.41, 5.74) is 1.42. The first-order valence-electron chi connectivity index (χ1n) is 5.77. The molecule has 0 saturated heterocycles. The lowest BCUT2D eigenvalue weighted by Gasteiger charge is -2.02. The van der Waals surface area contributed by atoms with Gasteiger partial charge in [-0.05, 0) is 48.4 Å². The molecule has 0 fully saturated rings. The van der Waals surface area contributed by atoms with Gasteiger partial charge >= 0.3 is 0 Å². The van der Waals surface area contributed by atoms with Crippen LogP contribution in [0.5, 0.6) is 0 Å². The number of hydrogen-bond donors (Lipinski definition) is 0. The Hall–Kier alpha value is -0.920. The highest BCUT2D eigenvalue weighted by molar-refractivity contribution is 7.99. The van der Waals surface area contributed by atoms with Gasteiger partial charge in [0.05, 0.1) is 0 Å². The standard InChI is InChI=1S/C15H15ClS/c16-14-8-10-15(11-9-14)17-12-4-7-13-5-2-1-3-6-13/h1-3,5-6,8-11H,4,7,12H2. The summed E-state index contributed by atoms with van der Waals surface area (Å²) >= 11 is 7.73. The SMILES string of the molecule is Clc1ccc(SCCCc2ccccc2)cc1. The molecular formula is C15H15ClS. The van der Waals surface area contributed by atoms with Crippen molar-refractivity contribution in [3.8, 4) is 0 Å². The monoisotopic (exact) mass is 262 g/mol. The number of benzene rings is 2. The van der Waals surface area contributed by atoms with Crippen molar-refractivity contribution >= 4 is 23.4 Å². The molecule has 0 unspecified atom stereocenters. The zero-order chi connectivity index (χ0) is 11.9. The molecule has 2 heteroatoms. The average molecular weight is 263 g/mol. The predicted molar refractivity (Wildman–Crippen MR) is 76.9 cm³/mol. The second kappa shape index (κ2) is 6.73. The molecule has 0 aliphatic heterocycles. The maximum Gasteiger partial charge on any atom is 0.0406 e. The van der Waals surface area contributed by atoms with E-state index in [1.54, 1.807) is 0 Å². The molecule has 0 heterocycles. The van der Waals surface area contributed by atoms with Crippen molar-refractivity contribution in [2.24, 2.45) is 0 Å². The molecule has 0 spiro atoms. The Bertz CT molecular complexity index is 436. The second-order valence-corrected chi connectivity index (χ2v) is 5.50. The minimum Gasteiger partial charge on any atom is -0.126 e. The maximum absolute atomic E-state index is 5.84. The van der Waals surface area contributed by atoms with Crippen molar-refractivity contribution < 1.29 is 0 Å².